The standard InChI is InChI=1S/C41H60N14O8S2/c1-22(50-34(57)26(42)20-64)33(56)51-28(13-7-15-47-40(43)44)35(58)53-30(17-23-9-3-2-4-10-23)37(60)52-29(14-8-16-48-41(45)46)36(59)54-31(38(61)55-32(21-65)39(62)63)18-24-19-49-27-12-6-5-11-25(24)27/h2-6,9-12,19,22,26,28-32,49,64-65H,7-8,13-18,20-21,42H2,1H3,(H,50,57)(H,51,56)(H,52,60)(H,53,58)(H,54,59)(H,55,61)(H,62,63)(H4,43,44,47)(H4,45,46,48)/t22-,26+,28+,29+,30-,31+,32+/m1/s1. The Labute approximate surface area is 386 Å². The van der Waals surface area contributed by atoms with E-state index < -0.39 is 83.7 Å². The van der Waals surface area contributed by atoms with E-state index >= 15 is 0 Å². The molecule has 0 aliphatic rings. The summed E-state index contributed by atoms with van der Waals surface area (Å²) in [6, 6.07) is 7.12. The molecule has 1 aromatic heterocycles. The predicted molar refractivity (Wildman–Crippen MR) is 253 cm³/mol. The zero-order valence-corrected chi connectivity index (χ0v) is 37.7. The first-order valence-electron chi connectivity index (χ1n) is 20.7. The SMILES string of the molecule is C[C@@H](NC(=O)[C@@H](N)CS)C(=O)N[C@@H](CCCN=C(N)N)C(=O)N[C@H](Cc1ccccc1)C(=O)N[C@@H](CCCN=C(N)N)C(=O)N[C@@H](Cc1c[nH]c2ccccc12)C(=O)N[C@@H](CS)C(=O)O. The Morgan fingerprint density at radius 1 is 0.615 bits per heavy atom. The fourth-order valence-electron chi connectivity index (χ4n) is 6.37. The number of benzene rings is 2. The topological polar surface area (TPSA) is 383 Å². The van der Waals surface area contributed by atoms with E-state index in [-0.39, 0.29) is 75.0 Å². The summed E-state index contributed by atoms with van der Waals surface area (Å²) in [7, 11) is 0. The molecule has 0 fully saturated rings. The van der Waals surface area contributed by atoms with Gasteiger partial charge in [-0.15, -0.1) is 0 Å². The van der Waals surface area contributed by atoms with Gasteiger partial charge >= 0.3 is 5.97 Å². The van der Waals surface area contributed by atoms with Crippen LogP contribution in [0.2, 0.25) is 0 Å². The van der Waals surface area contributed by atoms with Crippen molar-refractivity contribution in [3.05, 3.63) is 71.9 Å². The number of carboxylic acid groups (broad SMARTS) is 1. The first-order chi connectivity index (χ1) is 30.9. The second-order valence-corrected chi connectivity index (χ2v) is 15.7. The van der Waals surface area contributed by atoms with Crippen molar-refractivity contribution in [3.63, 3.8) is 0 Å². The highest BCUT2D eigenvalue weighted by atomic mass is 32.1. The first kappa shape index (κ1) is 52.8. The third-order valence-corrected chi connectivity index (χ3v) is 10.6. The lowest BCUT2D eigenvalue weighted by molar-refractivity contribution is -0.141. The lowest BCUT2D eigenvalue weighted by Gasteiger charge is -2.27. The Balaban J connectivity index is 1.97. The van der Waals surface area contributed by atoms with Gasteiger partial charge in [-0.25, -0.2) is 4.79 Å². The quantitative estimate of drug-likeness (QED) is 0.0160. The summed E-state index contributed by atoms with van der Waals surface area (Å²) in [5.74, 6) is -6.56. The van der Waals surface area contributed by atoms with E-state index in [1.165, 1.54) is 6.92 Å². The molecule has 0 saturated heterocycles. The second-order valence-electron chi connectivity index (χ2n) is 15.0. The number of nitrogens with one attached hydrogen (secondary N) is 7. The molecule has 22 nitrogen and oxygen atoms in total. The molecule has 3 rings (SSSR count). The highest BCUT2D eigenvalue weighted by molar-refractivity contribution is 7.80. The molecule has 7 atom stereocenters. The van der Waals surface area contributed by atoms with Gasteiger partial charge in [0.2, 0.25) is 35.4 Å². The number of aromatic amines is 1. The molecule has 6 amide bonds. The number of carboxylic acids is 1. The maximum atomic E-state index is 14.4. The Kier molecular flexibility index (Phi) is 21.9. The third-order valence-electron chi connectivity index (χ3n) is 9.89. The Bertz CT molecular complexity index is 2150. The molecule has 0 spiro atoms. The molecule has 18 N–H and O–H groups in total. The molecule has 0 saturated carbocycles. The van der Waals surface area contributed by atoms with E-state index in [1.807, 2.05) is 18.2 Å². The maximum absolute atomic E-state index is 14.4. The smallest absolute Gasteiger partial charge is 0.327 e. The number of carbonyl (C=O) groups excluding carboxylic acids is 6. The predicted octanol–water partition coefficient (Wildman–Crippen LogP) is -2.74. The number of H-pyrrole nitrogens is 1. The molecular formula is C41H60N14O8S2. The van der Waals surface area contributed by atoms with Crippen molar-refractivity contribution < 1.29 is 38.7 Å². The Morgan fingerprint density at radius 2 is 1.09 bits per heavy atom. The summed E-state index contributed by atoms with van der Waals surface area (Å²) in [5, 5.41) is 26.1. The fraction of sp³-hybridized carbons (Fsp3) is 0.439. The number of fused-ring (bicyclic) bond motifs is 1. The zero-order chi connectivity index (χ0) is 48.1. The molecule has 0 aliphatic carbocycles. The number of aliphatic imine (C=N–C) groups is 2. The number of thiol groups is 2. The number of amides is 6. The zero-order valence-electron chi connectivity index (χ0n) is 35.9. The molecule has 24 heteroatoms. The van der Waals surface area contributed by atoms with Gasteiger partial charge in [0.1, 0.15) is 36.3 Å². The summed E-state index contributed by atoms with van der Waals surface area (Å²) in [6.45, 7) is 1.56. The molecule has 0 bridgehead atoms. The lowest BCUT2D eigenvalue weighted by atomic mass is 10.0. The average Bonchev–Trinajstić information content (AvgIpc) is 3.68. The van der Waals surface area contributed by atoms with Crippen molar-refractivity contribution in [2.24, 2.45) is 38.7 Å². The summed E-state index contributed by atoms with van der Waals surface area (Å²) in [5.41, 5.74) is 29.7. The maximum Gasteiger partial charge on any atom is 0.327 e. The molecule has 2 aromatic carbocycles. The molecule has 1 heterocycles. The van der Waals surface area contributed by atoms with Gasteiger partial charge in [-0.2, -0.15) is 25.3 Å². The molecule has 354 valence electrons. The van der Waals surface area contributed by atoms with Crippen LogP contribution in [-0.4, -0.2) is 130 Å². The number of para-hydroxylation sites is 1. The number of nitrogens with zero attached hydrogens (tertiary/aromatic N) is 2. The van der Waals surface area contributed by atoms with Gasteiger partial charge in [-0.05, 0) is 49.8 Å². The number of aromatic nitrogens is 1. The first-order valence-corrected chi connectivity index (χ1v) is 21.9. The largest absolute Gasteiger partial charge is 0.480 e. The molecular weight excluding hydrogens is 881 g/mol. The number of rotatable bonds is 27. The van der Waals surface area contributed by atoms with Crippen LogP contribution in [0.25, 0.3) is 10.9 Å². The summed E-state index contributed by atoms with van der Waals surface area (Å²) < 4.78 is 0. The van der Waals surface area contributed by atoms with E-state index in [2.05, 4.69) is 72.1 Å². The minimum atomic E-state index is -1.39. The van der Waals surface area contributed by atoms with E-state index in [9.17, 15) is 38.7 Å². The minimum Gasteiger partial charge on any atom is -0.480 e. The van der Waals surface area contributed by atoms with E-state index in [1.54, 1.807) is 42.6 Å². The van der Waals surface area contributed by atoms with Crippen LogP contribution in [0.1, 0.15) is 43.7 Å². The number of hydrogen-bond acceptors (Lipinski definition) is 12. The van der Waals surface area contributed by atoms with Crippen LogP contribution in [0, 0.1) is 0 Å². The summed E-state index contributed by atoms with van der Waals surface area (Å²) in [4.78, 5) is 105. The van der Waals surface area contributed by atoms with Crippen LogP contribution < -0.4 is 60.6 Å². The third kappa shape index (κ3) is 17.9. The molecule has 0 aliphatic heterocycles. The van der Waals surface area contributed by atoms with Gasteiger partial charge in [0.05, 0.1) is 6.04 Å². The highest BCUT2D eigenvalue weighted by Gasteiger charge is 2.33. The van der Waals surface area contributed by atoms with Gasteiger partial charge in [-0.1, -0.05) is 48.5 Å². The van der Waals surface area contributed by atoms with Crippen molar-refractivity contribution in [2.75, 3.05) is 24.6 Å². The normalized spacial score (nSPS) is 14.2. The van der Waals surface area contributed by atoms with Crippen LogP contribution in [0.3, 0.4) is 0 Å². The number of aliphatic carboxylic acids is 1. The van der Waals surface area contributed by atoms with Gasteiger partial charge in [0.15, 0.2) is 11.9 Å². The number of carbonyl (C=O) groups is 7. The fourth-order valence-corrected chi connectivity index (χ4v) is 6.79. The van der Waals surface area contributed by atoms with Crippen LogP contribution in [-0.2, 0) is 46.4 Å². The van der Waals surface area contributed by atoms with Crippen molar-refractivity contribution >= 4 is 89.5 Å². The summed E-state index contributed by atoms with van der Waals surface area (Å²) >= 11 is 8.07. The van der Waals surface area contributed by atoms with E-state index in [0.717, 1.165) is 10.9 Å². The summed E-state index contributed by atoms with van der Waals surface area (Å²) in [6.07, 6.45) is 1.84. The van der Waals surface area contributed by atoms with Crippen molar-refractivity contribution in [3.8, 4) is 0 Å². The lowest BCUT2D eigenvalue weighted by Crippen LogP contribution is -2.60. The minimum absolute atomic E-state index is 0.00346. The number of nitrogens with two attached hydrogens (primary N) is 5. The van der Waals surface area contributed by atoms with Gasteiger partial charge in [0.25, 0.3) is 0 Å². The second kappa shape index (κ2) is 26.9. The van der Waals surface area contributed by atoms with Crippen molar-refractivity contribution in [1.82, 2.24) is 36.9 Å². The number of guanidine groups is 2. The molecule has 3 aromatic rings. The van der Waals surface area contributed by atoms with Crippen LogP contribution in [0.5, 0.6) is 0 Å². The Hall–Kier alpha value is -6.53. The monoisotopic (exact) mass is 940 g/mol. The van der Waals surface area contributed by atoms with Gasteiger partial charge in [0, 0.05) is 54.5 Å². The van der Waals surface area contributed by atoms with E-state index in [0.29, 0.717) is 11.1 Å². The van der Waals surface area contributed by atoms with Gasteiger partial charge in [-0.3, -0.25) is 38.8 Å². The van der Waals surface area contributed by atoms with Crippen LogP contribution in [0.15, 0.2) is 70.8 Å². The average molecular weight is 941 g/mol. The Morgan fingerprint density at radius 3 is 1.62 bits per heavy atom. The molecule has 0 radical (unpaired) electrons. The van der Waals surface area contributed by atoms with Gasteiger partial charge < -0.3 is 70.7 Å². The van der Waals surface area contributed by atoms with Crippen molar-refractivity contribution in [1.29, 1.82) is 0 Å². The van der Waals surface area contributed by atoms with Crippen molar-refractivity contribution in [2.45, 2.75) is 87.7 Å². The molecule has 0 unspecified atom stereocenters. The van der Waals surface area contributed by atoms with E-state index in [4.69, 9.17) is 28.7 Å². The number of hydrogen-bond donors (Lipinski definition) is 15. The molecule has 65 heavy (non-hydrogen) atoms. The highest BCUT2D eigenvalue weighted by Crippen LogP contribution is 2.20. The van der Waals surface area contributed by atoms with Crippen LogP contribution >= 0.6 is 25.3 Å². The van der Waals surface area contributed by atoms with Crippen LogP contribution in [0.4, 0.5) is 0 Å².